The van der Waals surface area contributed by atoms with E-state index in [1.54, 1.807) is 0 Å². The quantitative estimate of drug-likeness (QED) is 0.658. The van der Waals surface area contributed by atoms with E-state index < -0.39 is 0 Å². The molecule has 1 N–H and O–H groups in total. The van der Waals surface area contributed by atoms with Gasteiger partial charge in [-0.15, -0.1) is 0 Å². The fourth-order valence-electron chi connectivity index (χ4n) is 1.73. The van der Waals surface area contributed by atoms with Crippen LogP contribution in [0.4, 0.5) is 0 Å². The fraction of sp³-hybridized carbons (Fsp3) is 1.00. The molecule has 1 heteroatoms. The molecule has 1 aliphatic rings. The van der Waals surface area contributed by atoms with Crippen molar-refractivity contribution >= 4 is 0 Å². The van der Waals surface area contributed by atoms with Crippen molar-refractivity contribution in [2.75, 3.05) is 7.05 Å². The predicted molar refractivity (Wildman–Crippen MR) is 61.1 cm³/mol. The van der Waals surface area contributed by atoms with Gasteiger partial charge in [-0.25, -0.2) is 0 Å². The molecule has 1 rings (SSSR count). The molecule has 0 bridgehead atoms. The Labute approximate surface area is 84.3 Å². The van der Waals surface area contributed by atoms with Crippen molar-refractivity contribution in [2.24, 2.45) is 5.41 Å². The maximum absolute atomic E-state index is 3.42. The van der Waals surface area contributed by atoms with Gasteiger partial charge in [-0.05, 0) is 45.1 Å². The molecular weight excluding hydrogens is 158 g/mol. The molecule has 13 heavy (non-hydrogen) atoms. The topological polar surface area (TPSA) is 12.0 Å². The summed E-state index contributed by atoms with van der Waals surface area (Å²) in [5, 5.41) is 3.42. The Morgan fingerprint density at radius 2 is 1.23 bits per heavy atom. The van der Waals surface area contributed by atoms with Crippen molar-refractivity contribution in [2.45, 2.75) is 65.8 Å². The third-order valence-electron chi connectivity index (χ3n) is 3.31. The Bertz CT molecular complexity index is 128. The molecule has 0 spiro atoms. The monoisotopic (exact) mass is 185 g/mol. The molecule has 0 aliphatic heterocycles. The van der Waals surface area contributed by atoms with Crippen LogP contribution < -0.4 is 5.32 Å². The average molecular weight is 185 g/mol. The summed E-state index contributed by atoms with van der Waals surface area (Å²) < 4.78 is 0. The Hall–Kier alpha value is -0.0400. The zero-order chi connectivity index (χ0) is 10.5. The molecule has 0 atom stereocenters. The molecule has 0 aromatic heterocycles. The first-order chi connectivity index (χ1) is 5.97. The van der Waals surface area contributed by atoms with Crippen molar-refractivity contribution in [3.63, 3.8) is 0 Å². The normalized spacial score (nSPS) is 24.5. The van der Waals surface area contributed by atoms with Crippen LogP contribution in [0.25, 0.3) is 0 Å². The Morgan fingerprint density at radius 1 is 0.846 bits per heavy atom. The van der Waals surface area contributed by atoms with E-state index in [1.807, 2.05) is 13.8 Å². The maximum Gasteiger partial charge on any atom is 0.0150 e. The summed E-state index contributed by atoms with van der Waals surface area (Å²) in [6.45, 7) is 11.1. The van der Waals surface area contributed by atoms with E-state index in [4.69, 9.17) is 0 Å². The highest BCUT2D eigenvalue weighted by molar-refractivity contribution is 4.90. The van der Waals surface area contributed by atoms with Crippen molar-refractivity contribution in [3.8, 4) is 0 Å². The van der Waals surface area contributed by atoms with Crippen LogP contribution in [0.1, 0.15) is 60.3 Å². The van der Waals surface area contributed by atoms with Gasteiger partial charge in [0.1, 0.15) is 0 Å². The zero-order valence-corrected chi connectivity index (χ0v) is 10.3. The highest BCUT2D eigenvalue weighted by Gasteiger charge is 2.33. The van der Waals surface area contributed by atoms with Crippen molar-refractivity contribution in [3.05, 3.63) is 0 Å². The lowest BCUT2D eigenvalue weighted by Gasteiger charge is -2.41. The SMILES string of the molecule is CC.CNC1(C)CCC(C)(C)CC1. The first kappa shape index (κ1) is 13.0. The van der Waals surface area contributed by atoms with Gasteiger partial charge in [0.2, 0.25) is 0 Å². The first-order valence-electron chi connectivity index (χ1n) is 5.66. The van der Waals surface area contributed by atoms with E-state index in [0.717, 1.165) is 0 Å². The molecule has 80 valence electrons. The van der Waals surface area contributed by atoms with E-state index in [2.05, 4.69) is 33.1 Å². The summed E-state index contributed by atoms with van der Waals surface area (Å²) >= 11 is 0. The summed E-state index contributed by atoms with van der Waals surface area (Å²) in [5.74, 6) is 0. The van der Waals surface area contributed by atoms with Crippen LogP contribution in [0.5, 0.6) is 0 Å². The molecule has 0 aromatic rings. The van der Waals surface area contributed by atoms with E-state index in [1.165, 1.54) is 25.7 Å². The Morgan fingerprint density at radius 3 is 1.54 bits per heavy atom. The van der Waals surface area contributed by atoms with Crippen LogP contribution in [0.15, 0.2) is 0 Å². The van der Waals surface area contributed by atoms with Gasteiger partial charge in [-0.1, -0.05) is 27.7 Å². The molecule has 0 heterocycles. The zero-order valence-electron chi connectivity index (χ0n) is 10.3. The summed E-state index contributed by atoms with van der Waals surface area (Å²) in [5.41, 5.74) is 1.02. The second kappa shape index (κ2) is 4.99. The van der Waals surface area contributed by atoms with Crippen LogP contribution in [0.2, 0.25) is 0 Å². The third-order valence-corrected chi connectivity index (χ3v) is 3.31. The van der Waals surface area contributed by atoms with E-state index >= 15 is 0 Å². The number of rotatable bonds is 1. The van der Waals surface area contributed by atoms with Gasteiger partial charge in [0.25, 0.3) is 0 Å². The van der Waals surface area contributed by atoms with Crippen LogP contribution in [0, 0.1) is 5.41 Å². The second-order valence-electron chi connectivity index (χ2n) is 4.97. The minimum Gasteiger partial charge on any atom is -0.315 e. The van der Waals surface area contributed by atoms with E-state index in [9.17, 15) is 0 Å². The standard InChI is InChI=1S/C10H21N.C2H6/c1-9(2)5-7-10(3,11-4)8-6-9;1-2/h11H,5-8H2,1-4H3;1-2H3. The minimum absolute atomic E-state index is 0.426. The van der Waals surface area contributed by atoms with Crippen molar-refractivity contribution in [1.82, 2.24) is 5.32 Å². The smallest absolute Gasteiger partial charge is 0.0150 e. The lowest BCUT2D eigenvalue weighted by atomic mass is 9.70. The average Bonchev–Trinajstić information content (AvgIpc) is 2.14. The van der Waals surface area contributed by atoms with Crippen LogP contribution >= 0.6 is 0 Å². The van der Waals surface area contributed by atoms with Crippen LogP contribution in [0.3, 0.4) is 0 Å². The number of hydrogen-bond donors (Lipinski definition) is 1. The molecule has 0 radical (unpaired) electrons. The molecular formula is C12H27N. The second-order valence-corrected chi connectivity index (χ2v) is 4.97. The van der Waals surface area contributed by atoms with Gasteiger partial charge in [0.05, 0.1) is 0 Å². The lowest BCUT2D eigenvalue weighted by Crippen LogP contribution is -2.44. The van der Waals surface area contributed by atoms with Gasteiger partial charge in [0.15, 0.2) is 0 Å². The highest BCUT2D eigenvalue weighted by atomic mass is 14.9. The fourth-order valence-corrected chi connectivity index (χ4v) is 1.73. The van der Waals surface area contributed by atoms with Gasteiger partial charge in [0, 0.05) is 5.54 Å². The molecule has 0 saturated heterocycles. The van der Waals surface area contributed by atoms with Gasteiger partial charge < -0.3 is 5.32 Å². The summed E-state index contributed by atoms with van der Waals surface area (Å²) in [6, 6.07) is 0. The summed E-state index contributed by atoms with van der Waals surface area (Å²) in [4.78, 5) is 0. The summed E-state index contributed by atoms with van der Waals surface area (Å²) in [7, 11) is 2.08. The van der Waals surface area contributed by atoms with Crippen molar-refractivity contribution in [1.29, 1.82) is 0 Å². The van der Waals surface area contributed by atoms with Gasteiger partial charge >= 0.3 is 0 Å². The van der Waals surface area contributed by atoms with Crippen LogP contribution in [-0.4, -0.2) is 12.6 Å². The predicted octanol–water partition coefficient (Wildman–Crippen LogP) is 3.59. The molecule has 0 amide bonds. The lowest BCUT2D eigenvalue weighted by molar-refractivity contribution is 0.154. The molecule has 1 nitrogen and oxygen atoms in total. The van der Waals surface area contributed by atoms with Crippen LogP contribution in [-0.2, 0) is 0 Å². The molecule has 1 saturated carbocycles. The molecule has 0 unspecified atom stereocenters. The number of hydrogen-bond acceptors (Lipinski definition) is 1. The Kier molecular flexibility index (Phi) is 4.98. The molecule has 0 aromatic carbocycles. The highest BCUT2D eigenvalue weighted by Crippen LogP contribution is 2.39. The number of nitrogens with one attached hydrogen (secondary N) is 1. The minimum atomic E-state index is 0.426. The van der Waals surface area contributed by atoms with Gasteiger partial charge in [-0.2, -0.15) is 0 Å². The summed E-state index contributed by atoms with van der Waals surface area (Å²) in [6.07, 6.45) is 5.39. The first-order valence-corrected chi connectivity index (χ1v) is 5.66. The van der Waals surface area contributed by atoms with Gasteiger partial charge in [-0.3, -0.25) is 0 Å². The maximum atomic E-state index is 3.42. The molecule has 1 aliphatic carbocycles. The van der Waals surface area contributed by atoms with E-state index in [0.29, 0.717) is 11.0 Å². The van der Waals surface area contributed by atoms with Crippen molar-refractivity contribution < 1.29 is 0 Å². The van der Waals surface area contributed by atoms with E-state index in [-0.39, 0.29) is 0 Å². The molecule has 1 fully saturated rings. The largest absolute Gasteiger partial charge is 0.315 e. The third kappa shape index (κ3) is 4.12. The Balaban J connectivity index is 0.000000671.